The van der Waals surface area contributed by atoms with E-state index in [9.17, 15) is 19.5 Å². The zero-order valence-electron chi connectivity index (χ0n) is 19.8. The van der Waals surface area contributed by atoms with Crippen LogP contribution in [0.15, 0.2) is 48.5 Å². The van der Waals surface area contributed by atoms with Crippen LogP contribution in [0.1, 0.15) is 19.8 Å². The molecule has 3 fully saturated rings. The van der Waals surface area contributed by atoms with E-state index in [-0.39, 0.29) is 25.0 Å². The Bertz CT molecular complexity index is 1160. The molecule has 2 aromatic carbocycles. The molecule has 0 aromatic heterocycles. The highest BCUT2D eigenvalue weighted by Crippen LogP contribution is 2.58. The SMILES string of the molecule is CCOc1ccc(NC(=O)[C@@H]2[C@@H]3CCC4(O3)C(C(=O)Nc3ccc(Cl)cc3)N(CCO)C(=O)[C@H]24)cc1. The summed E-state index contributed by atoms with van der Waals surface area (Å²) in [5, 5.41) is 15.9. The van der Waals surface area contributed by atoms with Crippen molar-refractivity contribution in [3.8, 4) is 5.75 Å². The first-order chi connectivity index (χ1) is 17.4. The number of benzene rings is 2. The van der Waals surface area contributed by atoms with Crippen molar-refractivity contribution in [1.29, 1.82) is 0 Å². The van der Waals surface area contributed by atoms with Gasteiger partial charge in [0, 0.05) is 22.9 Å². The fourth-order valence-electron chi connectivity index (χ4n) is 5.87. The van der Waals surface area contributed by atoms with Crippen LogP contribution in [0.3, 0.4) is 0 Å². The fraction of sp³-hybridized carbons (Fsp3) is 0.423. The number of hydrogen-bond donors (Lipinski definition) is 3. The number of carbonyl (C=O) groups excluding carboxylic acids is 3. The minimum absolute atomic E-state index is 0.0307. The predicted molar refractivity (Wildman–Crippen MR) is 133 cm³/mol. The normalized spacial score (nSPS) is 28.2. The number of aliphatic hydroxyl groups excluding tert-OH is 1. The first kappa shape index (κ1) is 24.5. The summed E-state index contributed by atoms with van der Waals surface area (Å²) in [4.78, 5) is 41.9. The van der Waals surface area contributed by atoms with Crippen LogP contribution in [-0.4, -0.2) is 65.2 Å². The summed E-state index contributed by atoms with van der Waals surface area (Å²) in [5.74, 6) is -1.97. The Morgan fingerprint density at radius 2 is 1.75 bits per heavy atom. The number of nitrogens with one attached hydrogen (secondary N) is 2. The topological polar surface area (TPSA) is 117 Å². The first-order valence-corrected chi connectivity index (χ1v) is 12.4. The lowest BCUT2D eigenvalue weighted by Crippen LogP contribution is -2.53. The zero-order valence-corrected chi connectivity index (χ0v) is 20.5. The van der Waals surface area contributed by atoms with E-state index < -0.39 is 35.5 Å². The molecule has 2 bridgehead atoms. The van der Waals surface area contributed by atoms with E-state index in [1.54, 1.807) is 48.5 Å². The summed E-state index contributed by atoms with van der Waals surface area (Å²) in [6.07, 6.45) is 0.563. The third kappa shape index (κ3) is 4.11. The van der Waals surface area contributed by atoms with E-state index in [0.29, 0.717) is 41.6 Å². The van der Waals surface area contributed by atoms with Gasteiger partial charge in [0.1, 0.15) is 17.4 Å². The van der Waals surface area contributed by atoms with Crippen molar-refractivity contribution in [3.05, 3.63) is 53.6 Å². The van der Waals surface area contributed by atoms with Crippen molar-refractivity contribution in [2.24, 2.45) is 11.8 Å². The van der Waals surface area contributed by atoms with E-state index >= 15 is 0 Å². The Kier molecular flexibility index (Phi) is 6.63. The Balaban J connectivity index is 1.40. The van der Waals surface area contributed by atoms with Gasteiger partial charge < -0.3 is 30.1 Å². The maximum Gasteiger partial charge on any atom is 0.250 e. The van der Waals surface area contributed by atoms with Crippen LogP contribution >= 0.6 is 11.6 Å². The molecule has 3 aliphatic heterocycles. The van der Waals surface area contributed by atoms with E-state index in [0.717, 1.165) is 0 Å². The number of hydrogen-bond acceptors (Lipinski definition) is 6. The van der Waals surface area contributed by atoms with Crippen molar-refractivity contribution in [2.75, 3.05) is 30.4 Å². The number of likely N-dealkylation sites (tertiary alicyclic amines) is 1. The number of β-amino-alcohol motifs (C(OH)–C–C–N with tert-alkyl or cyclic N) is 1. The number of carbonyl (C=O) groups is 3. The van der Waals surface area contributed by atoms with Crippen LogP contribution in [0.5, 0.6) is 5.75 Å². The highest BCUT2D eigenvalue weighted by atomic mass is 35.5. The van der Waals surface area contributed by atoms with Gasteiger partial charge in [-0.3, -0.25) is 14.4 Å². The van der Waals surface area contributed by atoms with Gasteiger partial charge in [0.25, 0.3) is 0 Å². The molecule has 0 saturated carbocycles. The average Bonchev–Trinajstić information content (AvgIpc) is 3.50. The highest BCUT2D eigenvalue weighted by Gasteiger charge is 2.74. The van der Waals surface area contributed by atoms with Crippen LogP contribution < -0.4 is 15.4 Å². The van der Waals surface area contributed by atoms with Gasteiger partial charge in [-0.15, -0.1) is 0 Å². The molecular formula is C26H28ClN3O6. The third-order valence-electron chi connectivity index (χ3n) is 7.24. The number of nitrogens with zero attached hydrogens (tertiary/aromatic N) is 1. The molecule has 0 radical (unpaired) electrons. The molecule has 3 N–H and O–H groups in total. The quantitative estimate of drug-likeness (QED) is 0.499. The molecule has 3 aliphatic rings. The lowest BCUT2D eigenvalue weighted by Gasteiger charge is -2.33. The second kappa shape index (κ2) is 9.72. The van der Waals surface area contributed by atoms with E-state index in [1.165, 1.54) is 4.90 Å². The van der Waals surface area contributed by atoms with Gasteiger partial charge in [-0.05, 0) is 68.3 Å². The van der Waals surface area contributed by atoms with Gasteiger partial charge in [-0.1, -0.05) is 11.6 Å². The summed E-state index contributed by atoms with van der Waals surface area (Å²) in [5.41, 5.74) is -0.0261. The molecular weight excluding hydrogens is 486 g/mol. The first-order valence-electron chi connectivity index (χ1n) is 12.1. The van der Waals surface area contributed by atoms with Gasteiger partial charge in [0.15, 0.2) is 0 Å². The standard InChI is InChI=1S/C26H28ClN3O6/c1-2-35-18-9-7-17(8-10-18)28-23(32)20-19-11-12-26(36-19)21(20)25(34)30(13-14-31)22(26)24(33)29-16-5-3-15(27)4-6-16/h3-10,19-22,31H,2,11-14H2,1H3,(H,28,32)(H,29,33)/t19-,20+,21-,22?,26?/m0/s1. The van der Waals surface area contributed by atoms with E-state index in [2.05, 4.69) is 10.6 Å². The molecule has 5 rings (SSSR count). The molecule has 5 atom stereocenters. The number of rotatable bonds is 8. The molecule has 0 aliphatic carbocycles. The van der Waals surface area contributed by atoms with Crippen molar-refractivity contribution < 1.29 is 29.0 Å². The number of aliphatic hydroxyl groups is 1. The molecule has 3 amide bonds. The Labute approximate surface area is 213 Å². The number of halogens is 1. The van der Waals surface area contributed by atoms with Crippen LogP contribution in [0.25, 0.3) is 0 Å². The predicted octanol–water partition coefficient (Wildman–Crippen LogP) is 2.68. The smallest absolute Gasteiger partial charge is 0.250 e. The maximum atomic E-state index is 13.6. The third-order valence-corrected chi connectivity index (χ3v) is 7.49. The van der Waals surface area contributed by atoms with Crippen LogP contribution in [0.4, 0.5) is 11.4 Å². The minimum atomic E-state index is -1.13. The monoisotopic (exact) mass is 513 g/mol. The lowest BCUT2D eigenvalue weighted by molar-refractivity contribution is -0.140. The number of fused-ring (bicyclic) bond motifs is 1. The molecule has 3 heterocycles. The number of anilines is 2. The van der Waals surface area contributed by atoms with Gasteiger partial charge in [0.05, 0.1) is 31.2 Å². The summed E-state index contributed by atoms with van der Waals surface area (Å²) in [6, 6.07) is 12.7. The van der Waals surface area contributed by atoms with Crippen molar-refractivity contribution in [2.45, 2.75) is 37.5 Å². The molecule has 36 heavy (non-hydrogen) atoms. The summed E-state index contributed by atoms with van der Waals surface area (Å²) in [7, 11) is 0. The lowest BCUT2D eigenvalue weighted by atomic mass is 9.70. The molecule has 3 saturated heterocycles. The van der Waals surface area contributed by atoms with E-state index in [4.69, 9.17) is 21.1 Å². The Hall–Kier alpha value is -3.14. The summed E-state index contributed by atoms with van der Waals surface area (Å²) < 4.78 is 11.8. The van der Waals surface area contributed by atoms with Crippen LogP contribution in [-0.2, 0) is 19.1 Å². The molecule has 2 unspecified atom stereocenters. The van der Waals surface area contributed by atoms with Crippen molar-refractivity contribution in [3.63, 3.8) is 0 Å². The second-order valence-electron chi connectivity index (χ2n) is 9.25. The maximum absolute atomic E-state index is 13.6. The van der Waals surface area contributed by atoms with Crippen LogP contribution in [0.2, 0.25) is 5.02 Å². The second-order valence-corrected chi connectivity index (χ2v) is 9.69. The fourth-order valence-corrected chi connectivity index (χ4v) is 6.00. The largest absolute Gasteiger partial charge is 0.494 e. The van der Waals surface area contributed by atoms with Gasteiger partial charge in [-0.25, -0.2) is 0 Å². The summed E-state index contributed by atoms with van der Waals surface area (Å²) in [6.45, 7) is 2.08. The molecule has 2 aromatic rings. The van der Waals surface area contributed by atoms with Gasteiger partial charge in [-0.2, -0.15) is 0 Å². The van der Waals surface area contributed by atoms with E-state index in [1.807, 2.05) is 6.92 Å². The molecule has 1 spiro atoms. The average molecular weight is 514 g/mol. The Morgan fingerprint density at radius 3 is 2.39 bits per heavy atom. The number of amides is 3. The van der Waals surface area contributed by atoms with Crippen molar-refractivity contribution >= 4 is 40.7 Å². The molecule has 190 valence electrons. The molecule has 9 nitrogen and oxygen atoms in total. The number of ether oxygens (including phenoxy) is 2. The van der Waals surface area contributed by atoms with Gasteiger partial charge >= 0.3 is 0 Å². The highest BCUT2D eigenvalue weighted by molar-refractivity contribution is 6.30. The van der Waals surface area contributed by atoms with Gasteiger partial charge in [0.2, 0.25) is 17.7 Å². The van der Waals surface area contributed by atoms with Crippen molar-refractivity contribution in [1.82, 2.24) is 4.90 Å². The summed E-state index contributed by atoms with van der Waals surface area (Å²) >= 11 is 5.95. The zero-order chi connectivity index (χ0) is 25.4. The molecule has 10 heteroatoms. The Morgan fingerprint density at radius 1 is 1.11 bits per heavy atom. The van der Waals surface area contributed by atoms with Crippen LogP contribution in [0, 0.1) is 11.8 Å². The minimum Gasteiger partial charge on any atom is -0.494 e.